The Morgan fingerprint density at radius 3 is 1.48 bits per heavy atom. The number of hydrogen-bond donors (Lipinski definition) is 2. The fourth-order valence-corrected chi connectivity index (χ4v) is 3.95. The number of hydrogen-bond acceptors (Lipinski definition) is 1. The summed E-state index contributed by atoms with van der Waals surface area (Å²) in [5.41, 5.74) is 2.54. The molecule has 3 aromatic rings. The highest BCUT2D eigenvalue weighted by Gasteiger charge is 2.30. The summed E-state index contributed by atoms with van der Waals surface area (Å²) in [7, 11) is 0. The molecule has 0 bridgehead atoms. The fourth-order valence-electron chi connectivity index (χ4n) is 2.71. The lowest BCUT2D eigenvalue weighted by Gasteiger charge is -2.24. The van der Waals surface area contributed by atoms with Crippen LogP contribution in [0.4, 0.5) is 0 Å². The van der Waals surface area contributed by atoms with Crippen molar-refractivity contribution in [2.24, 2.45) is 0 Å². The van der Waals surface area contributed by atoms with Gasteiger partial charge in [0.1, 0.15) is 0 Å². The summed E-state index contributed by atoms with van der Waals surface area (Å²) in [6, 6.07) is 13.0. The van der Waals surface area contributed by atoms with Gasteiger partial charge in [0.05, 0.1) is 0 Å². The largest absolute Gasteiger partial charge is 0.364 e. The average molecular weight is 298 g/mol. The van der Waals surface area contributed by atoms with Crippen molar-refractivity contribution in [2.75, 3.05) is 0 Å². The summed E-state index contributed by atoms with van der Waals surface area (Å²) in [5, 5.41) is 0. The Hall–Kier alpha value is -1.74. The van der Waals surface area contributed by atoms with E-state index in [1.54, 1.807) is 0 Å². The Morgan fingerprint density at radius 2 is 1.14 bits per heavy atom. The Morgan fingerprint density at radius 1 is 0.714 bits per heavy atom. The molecule has 0 saturated carbocycles. The molecule has 0 aromatic carbocycles. The van der Waals surface area contributed by atoms with Crippen molar-refractivity contribution in [3.8, 4) is 0 Å². The molecule has 0 amide bonds. The zero-order valence-electron chi connectivity index (χ0n) is 13.0. The van der Waals surface area contributed by atoms with Crippen LogP contribution >= 0.6 is 11.3 Å². The SMILES string of the molecule is CC(C)(c1ccc[nH]1)c1ccc(C(C)(C)c2ccc[nH]2)s1. The zero-order valence-corrected chi connectivity index (χ0v) is 13.8. The van der Waals surface area contributed by atoms with E-state index in [9.17, 15) is 0 Å². The lowest BCUT2D eigenvalue weighted by molar-refractivity contribution is 0.633. The summed E-state index contributed by atoms with van der Waals surface area (Å²) in [6.45, 7) is 9.10. The third-order valence-corrected chi connectivity index (χ3v) is 6.11. The number of rotatable bonds is 4. The van der Waals surface area contributed by atoms with Gasteiger partial charge < -0.3 is 9.97 Å². The summed E-state index contributed by atoms with van der Waals surface area (Å²) >= 11 is 1.90. The van der Waals surface area contributed by atoms with Crippen molar-refractivity contribution in [2.45, 2.75) is 38.5 Å². The predicted molar refractivity (Wildman–Crippen MR) is 90.2 cm³/mol. The third-order valence-electron chi connectivity index (χ3n) is 4.38. The summed E-state index contributed by atoms with van der Waals surface area (Å²) in [6.07, 6.45) is 3.99. The lowest BCUT2D eigenvalue weighted by Crippen LogP contribution is -2.19. The molecule has 3 rings (SSSR count). The van der Waals surface area contributed by atoms with Gasteiger partial charge in [0.2, 0.25) is 0 Å². The van der Waals surface area contributed by atoms with Crippen LogP contribution in [0.15, 0.2) is 48.8 Å². The molecule has 0 aliphatic heterocycles. The second-order valence-electron chi connectivity index (χ2n) is 6.58. The van der Waals surface area contributed by atoms with Gasteiger partial charge in [-0.3, -0.25) is 0 Å². The van der Waals surface area contributed by atoms with Gasteiger partial charge in [0, 0.05) is 44.4 Å². The van der Waals surface area contributed by atoms with Crippen LogP contribution in [-0.2, 0) is 10.8 Å². The van der Waals surface area contributed by atoms with Crippen molar-refractivity contribution in [1.29, 1.82) is 0 Å². The normalized spacial score (nSPS) is 12.8. The minimum atomic E-state index is 0.0121. The average Bonchev–Trinajstić information content (AvgIpc) is 3.19. The zero-order chi connectivity index (χ0) is 15.1. The van der Waals surface area contributed by atoms with E-state index in [1.807, 2.05) is 23.7 Å². The van der Waals surface area contributed by atoms with Crippen molar-refractivity contribution in [3.63, 3.8) is 0 Å². The Bertz CT molecular complexity index is 640. The Balaban J connectivity index is 1.97. The smallest absolute Gasteiger partial charge is 0.0390 e. The van der Waals surface area contributed by atoms with E-state index in [0.29, 0.717) is 0 Å². The van der Waals surface area contributed by atoms with Crippen molar-refractivity contribution in [1.82, 2.24) is 9.97 Å². The fraction of sp³-hybridized carbons (Fsp3) is 0.333. The summed E-state index contributed by atoms with van der Waals surface area (Å²) in [4.78, 5) is 9.48. The molecule has 3 aromatic heterocycles. The van der Waals surface area contributed by atoms with Crippen LogP contribution < -0.4 is 0 Å². The van der Waals surface area contributed by atoms with Crippen LogP contribution in [0.5, 0.6) is 0 Å². The summed E-state index contributed by atoms with van der Waals surface area (Å²) < 4.78 is 0. The second kappa shape index (κ2) is 4.92. The first kappa shape index (κ1) is 14.2. The standard InChI is InChI=1S/C18H22N2S/c1-17(2,13-7-5-11-19-13)15-9-10-16(21-15)18(3,4)14-8-6-12-20-14/h5-12,19-20H,1-4H3. The van der Waals surface area contributed by atoms with Gasteiger partial charge in [-0.25, -0.2) is 0 Å². The number of H-pyrrole nitrogens is 2. The van der Waals surface area contributed by atoms with E-state index in [2.05, 4.69) is 74.1 Å². The molecule has 0 saturated heterocycles. The molecule has 0 radical (unpaired) electrons. The van der Waals surface area contributed by atoms with E-state index in [1.165, 1.54) is 21.1 Å². The molecule has 3 heterocycles. The Kier molecular flexibility index (Phi) is 3.33. The van der Waals surface area contributed by atoms with Crippen LogP contribution in [-0.4, -0.2) is 9.97 Å². The quantitative estimate of drug-likeness (QED) is 0.675. The van der Waals surface area contributed by atoms with E-state index in [-0.39, 0.29) is 10.8 Å². The topological polar surface area (TPSA) is 31.6 Å². The van der Waals surface area contributed by atoms with Gasteiger partial charge in [0.15, 0.2) is 0 Å². The molecule has 21 heavy (non-hydrogen) atoms. The highest BCUT2D eigenvalue weighted by molar-refractivity contribution is 7.12. The molecule has 0 unspecified atom stereocenters. The second-order valence-corrected chi connectivity index (χ2v) is 7.67. The maximum atomic E-state index is 3.35. The highest BCUT2D eigenvalue weighted by Crippen LogP contribution is 2.40. The van der Waals surface area contributed by atoms with E-state index >= 15 is 0 Å². The number of thiophene rings is 1. The Labute approximate surface area is 130 Å². The van der Waals surface area contributed by atoms with Crippen LogP contribution in [0.3, 0.4) is 0 Å². The van der Waals surface area contributed by atoms with Crippen LogP contribution in [0.2, 0.25) is 0 Å². The minimum absolute atomic E-state index is 0.0121. The molecule has 2 N–H and O–H groups in total. The molecular weight excluding hydrogens is 276 g/mol. The number of nitrogens with one attached hydrogen (secondary N) is 2. The lowest BCUT2D eigenvalue weighted by atomic mass is 9.86. The number of aromatic nitrogens is 2. The van der Waals surface area contributed by atoms with E-state index in [4.69, 9.17) is 0 Å². The van der Waals surface area contributed by atoms with Gasteiger partial charge in [-0.2, -0.15) is 0 Å². The van der Waals surface area contributed by atoms with Gasteiger partial charge in [-0.1, -0.05) is 0 Å². The van der Waals surface area contributed by atoms with Crippen LogP contribution in [0, 0.1) is 0 Å². The maximum Gasteiger partial charge on any atom is 0.0390 e. The van der Waals surface area contributed by atoms with Gasteiger partial charge in [0.25, 0.3) is 0 Å². The van der Waals surface area contributed by atoms with Gasteiger partial charge in [-0.05, 0) is 64.1 Å². The maximum absolute atomic E-state index is 3.35. The van der Waals surface area contributed by atoms with Gasteiger partial charge in [-0.15, -0.1) is 11.3 Å². The van der Waals surface area contributed by atoms with Crippen molar-refractivity contribution < 1.29 is 0 Å². The van der Waals surface area contributed by atoms with Crippen molar-refractivity contribution >= 4 is 11.3 Å². The molecule has 0 aliphatic carbocycles. The highest BCUT2D eigenvalue weighted by atomic mass is 32.1. The monoisotopic (exact) mass is 298 g/mol. The molecule has 3 heteroatoms. The molecular formula is C18H22N2S. The molecule has 2 nitrogen and oxygen atoms in total. The molecule has 0 aliphatic rings. The molecule has 0 atom stereocenters. The van der Waals surface area contributed by atoms with E-state index < -0.39 is 0 Å². The first-order chi connectivity index (χ1) is 9.92. The molecule has 0 spiro atoms. The van der Waals surface area contributed by atoms with Crippen molar-refractivity contribution in [3.05, 3.63) is 69.9 Å². The third kappa shape index (κ3) is 2.36. The first-order valence-corrected chi connectivity index (χ1v) is 8.12. The molecule has 110 valence electrons. The first-order valence-electron chi connectivity index (χ1n) is 7.31. The number of aromatic amines is 2. The van der Waals surface area contributed by atoms with E-state index in [0.717, 1.165) is 0 Å². The molecule has 0 fully saturated rings. The van der Waals surface area contributed by atoms with Gasteiger partial charge >= 0.3 is 0 Å². The van der Waals surface area contributed by atoms with Crippen LogP contribution in [0.25, 0.3) is 0 Å². The minimum Gasteiger partial charge on any atom is -0.364 e. The predicted octanol–water partition coefficient (Wildman–Crippen LogP) is 5.06. The van der Waals surface area contributed by atoms with Crippen LogP contribution in [0.1, 0.15) is 48.8 Å². The summed E-state index contributed by atoms with van der Waals surface area (Å²) in [5.74, 6) is 0.